The molecule has 4 aromatic rings. The Morgan fingerprint density at radius 2 is 0.750 bits per heavy atom. The van der Waals surface area contributed by atoms with Gasteiger partial charge in [-0.3, -0.25) is 4.67 Å². The zero-order valence-electron chi connectivity index (χ0n) is 15.6. The van der Waals surface area contributed by atoms with E-state index in [1.54, 1.807) is 0 Å². The highest BCUT2D eigenvalue weighted by Crippen LogP contribution is 2.66. The number of benzene rings is 4. The average Bonchev–Trinajstić information content (AvgIpc) is 3.52. The quantitative estimate of drug-likeness (QED) is 0.311. The van der Waals surface area contributed by atoms with Gasteiger partial charge in [-0.05, 0) is 21.7 Å². The zero-order chi connectivity index (χ0) is 18.8. The van der Waals surface area contributed by atoms with Gasteiger partial charge in [0.25, 0.3) is 0 Å². The van der Waals surface area contributed by atoms with Crippen molar-refractivity contribution in [3.63, 3.8) is 0 Å². The fraction of sp³-hybridized carbons (Fsp3) is 0.0769. The first-order valence-electron chi connectivity index (χ1n) is 9.72. The van der Waals surface area contributed by atoms with Gasteiger partial charge in [0.05, 0.1) is 12.1 Å². The van der Waals surface area contributed by atoms with Crippen LogP contribution in [0, 0.1) is 0 Å². The Morgan fingerprint density at radius 1 is 0.429 bits per heavy atom. The van der Waals surface area contributed by atoms with Gasteiger partial charge in [-0.15, -0.1) is 0 Å². The van der Waals surface area contributed by atoms with Crippen LogP contribution in [-0.2, 0) is 0 Å². The van der Waals surface area contributed by atoms with Gasteiger partial charge in [-0.25, -0.2) is 0 Å². The first-order valence-corrected chi connectivity index (χ1v) is 11.0. The van der Waals surface area contributed by atoms with E-state index in [2.05, 4.69) is 126 Å². The Bertz CT molecular complexity index is 934. The molecule has 0 bridgehead atoms. The lowest BCUT2D eigenvalue weighted by Gasteiger charge is -2.21. The Hall–Kier alpha value is -2.73. The second-order valence-corrected chi connectivity index (χ2v) is 9.19. The molecule has 0 aliphatic carbocycles. The molecular formula is C26H22NP. The lowest BCUT2D eigenvalue weighted by atomic mass is 10.0. The molecule has 2 heteroatoms. The Balaban J connectivity index is 1.62. The monoisotopic (exact) mass is 379 g/mol. The van der Waals surface area contributed by atoms with Gasteiger partial charge in [0, 0.05) is 8.07 Å². The van der Waals surface area contributed by atoms with Crippen molar-refractivity contribution in [1.82, 2.24) is 4.67 Å². The molecular weight excluding hydrogens is 357 g/mol. The van der Waals surface area contributed by atoms with Crippen molar-refractivity contribution in [3.8, 4) is 0 Å². The van der Waals surface area contributed by atoms with Gasteiger partial charge in [0.1, 0.15) is 0 Å². The van der Waals surface area contributed by atoms with Gasteiger partial charge in [0.15, 0.2) is 0 Å². The molecule has 1 saturated heterocycles. The van der Waals surface area contributed by atoms with Crippen LogP contribution in [0.2, 0.25) is 0 Å². The Kier molecular flexibility index (Phi) is 4.79. The highest BCUT2D eigenvalue weighted by Gasteiger charge is 2.53. The van der Waals surface area contributed by atoms with Gasteiger partial charge in [0.2, 0.25) is 0 Å². The van der Waals surface area contributed by atoms with E-state index < -0.39 is 8.07 Å². The topological polar surface area (TPSA) is 3.01 Å². The van der Waals surface area contributed by atoms with Crippen molar-refractivity contribution in [2.45, 2.75) is 12.1 Å². The van der Waals surface area contributed by atoms with Crippen molar-refractivity contribution < 1.29 is 0 Å². The molecule has 1 fully saturated rings. The third-order valence-corrected chi connectivity index (χ3v) is 7.83. The lowest BCUT2D eigenvalue weighted by molar-refractivity contribution is 0.791. The summed E-state index contributed by atoms with van der Waals surface area (Å²) < 4.78 is 2.71. The van der Waals surface area contributed by atoms with E-state index >= 15 is 0 Å². The third kappa shape index (κ3) is 3.29. The molecule has 0 saturated carbocycles. The second kappa shape index (κ2) is 7.72. The molecule has 0 amide bonds. The number of nitrogens with zero attached hydrogens (tertiary/aromatic N) is 1. The number of rotatable bonds is 5. The molecule has 0 spiro atoms. The minimum Gasteiger partial charge on any atom is -0.256 e. The summed E-state index contributed by atoms with van der Waals surface area (Å²) in [5, 5.41) is 2.81. The molecule has 28 heavy (non-hydrogen) atoms. The summed E-state index contributed by atoms with van der Waals surface area (Å²) in [7, 11) is -0.591. The molecule has 2 atom stereocenters. The molecule has 0 N–H and O–H groups in total. The minimum atomic E-state index is -0.591. The smallest absolute Gasteiger partial charge is 0.0598 e. The largest absolute Gasteiger partial charge is 0.256 e. The van der Waals surface area contributed by atoms with Crippen molar-refractivity contribution in [3.05, 3.63) is 132 Å². The molecule has 1 aliphatic rings. The molecule has 5 rings (SSSR count). The average molecular weight is 379 g/mol. The van der Waals surface area contributed by atoms with Gasteiger partial charge < -0.3 is 0 Å². The molecule has 0 radical (unpaired) electrons. The van der Waals surface area contributed by atoms with Crippen LogP contribution in [0.1, 0.15) is 23.2 Å². The lowest BCUT2D eigenvalue weighted by Crippen LogP contribution is -2.17. The molecule has 1 nitrogen and oxygen atoms in total. The summed E-state index contributed by atoms with van der Waals surface area (Å²) in [6.07, 6.45) is 0. The van der Waals surface area contributed by atoms with E-state index in [1.807, 2.05) is 0 Å². The maximum atomic E-state index is 2.71. The Labute approximate surface area is 168 Å². The number of hydrogen-bond donors (Lipinski definition) is 0. The predicted octanol–water partition coefficient (Wildman–Crippen LogP) is 5.83. The van der Waals surface area contributed by atoms with Crippen molar-refractivity contribution in [1.29, 1.82) is 0 Å². The van der Waals surface area contributed by atoms with Crippen LogP contribution in [-0.4, -0.2) is 4.67 Å². The Morgan fingerprint density at radius 3 is 1.11 bits per heavy atom. The van der Waals surface area contributed by atoms with Gasteiger partial charge in [-0.2, -0.15) is 0 Å². The van der Waals surface area contributed by atoms with Crippen LogP contribution in [0.5, 0.6) is 0 Å². The summed E-state index contributed by atoms with van der Waals surface area (Å²) in [6, 6.07) is 44.7. The molecule has 0 unspecified atom stereocenters. The van der Waals surface area contributed by atoms with Crippen LogP contribution < -0.4 is 10.6 Å². The van der Waals surface area contributed by atoms with Crippen LogP contribution >= 0.6 is 8.07 Å². The minimum absolute atomic E-state index is 0.412. The van der Waals surface area contributed by atoms with Gasteiger partial charge >= 0.3 is 0 Å². The highest BCUT2D eigenvalue weighted by atomic mass is 31.1. The molecule has 1 heterocycles. The van der Waals surface area contributed by atoms with E-state index in [0.29, 0.717) is 12.1 Å². The second-order valence-electron chi connectivity index (χ2n) is 7.07. The van der Waals surface area contributed by atoms with Gasteiger partial charge in [-0.1, -0.05) is 121 Å². The molecule has 4 aromatic carbocycles. The highest BCUT2D eigenvalue weighted by molar-refractivity contribution is 7.71. The van der Waals surface area contributed by atoms with E-state index in [4.69, 9.17) is 0 Å². The first kappa shape index (κ1) is 17.4. The van der Waals surface area contributed by atoms with Crippen LogP contribution in [0.3, 0.4) is 0 Å². The predicted molar refractivity (Wildman–Crippen MR) is 119 cm³/mol. The normalized spacial score (nSPS) is 20.8. The number of hydrogen-bond acceptors (Lipinski definition) is 1. The van der Waals surface area contributed by atoms with E-state index in [0.717, 1.165) is 0 Å². The summed E-state index contributed by atoms with van der Waals surface area (Å²) in [5.74, 6) is 0. The SMILES string of the molecule is c1ccc([C@@H]2[C@@H](c3ccccc3)N2P(c2ccccc2)c2ccccc2)cc1. The maximum Gasteiger partial charge on any atom is 0.0598 e. The van der Waals surface area contributed by atoms with Crippen molar-refractivity contribution in [2.24, 2.45) is 0 Å². The maximum absolute atomic E-state index is 2.71. The standard InChI is InChI=1S/C26H22NP/c1-5-13-21(14-6-1)25-26(22-15-7-2-8-16-22)27(25)28(23-17-9-3-10-18-23)24-19-11-4-12-20-24/h1-20,25-26H/t25-,26-/m1/s1. The zero-order valence-corrected chi connectivity index (χ0v) is 16.5. The fourth-order valence-corrected chi connectivity index (χ4v) is 6.69. The molecule has 136 valence electrons. The summed E-state index contributed by atoms with van der Waals surface area (Å²) >= 11 is 0. The molecule has 1 aliphatic heterocycles. The van der Waals surface area contributed by atoms with Crippen LogP contribution in [0.25, 0.3) is 0 Å². The third-order valence-electron chi connectivity index (χ3n) is 5.29. The summed E-state index contributed by atoms with van der Waals surface area (Å²) in [4.78, 5) is 0. The summed E-state index contributed by atoms with van der Waals surface area (Å²) in [6.45, 7) is 0. The van der Waals surface area contributed by atoms with Crippen molar-refractivity contribution in [2.75, 3.05) is 0 Å². The molecule has 0 aromatic heterocycles. The summed E-state index contributed by atoms with van der Waals surface area (Å²) in [5.41, 5.74) is 2.80. The first-order chi connectivity index (χ1) is 13.9. The van der Waals surface area contributed by atoms with E-state index in [1.165, 1.54) is 21.7 Å². The van der Waals surface area contributed by atoms with Crippen LogP contribution in [0.4, 0.5) is 0 Å². The van der Waals surface area contributed by atoms with Crippen molar-refractivity contribution >= 4 is 18.7 Å². The van der Waals surface area contributed by atoms with E-state index in [-0.39, 0.29) is 0 Å². The van der Waals surface area contributed by atoms with Crippen LogP contribution in [0.15, 0.2) is 121 Å². The van der Waals surface area contributed by atoms with E-state index in [9.17, 15) is 0 Å². The fourth-order valence-electron chi connectivity index (χ4n) is 3.99.